The average Bonchev–Trinajstić information content (AvgIpc) is 3.22. The van der Waals surface area contributed by atoms with Crippen LogP contribution in [0.2, 0.25) is 0 Å². The summed E-state index contributed by atoms with van der Waals surface area (Å²) in [6.45, 7) is 1.27. The van der Waals surface area contributed by atoms with E-state index in [-0.39, 0.29) is 11.9 Å². The predicted octanol–water partition coefficient (Wildman–Crippen LogP) is 3.07. The minimum absolute atomic E-state index is 0.0507. The van der Waals surface area contributed by atoms with Gasteiger partial charge in [-0.3, -0.25) is 9.48 Å². The first kappa shape index (κ1) is 16.4. The molecule has 3 aromatic rings. The molecule has 132 valence electrons. The zero-order valence-electron chi connectivity index (χ0n) is 14.7. The number of hydrogen-bond acceptors (Lipinski definition) is 3. The summed E-state index contributed by atoms with van der Waals surface area (Å²) in [5.41, 5.74) is 3.41. The van der Waals surface area contributed by atoms with Gasteiger partial charge in [-0.2, -0.15) is 5.10 Å². The van der Waals surface area contributed by atoms with Gasteiger partial charge >= 0.3 is 0 Å². The number of ether oxygens (including phenoxy) is 1. The number of carbonyl (C=O) groups excluding carboxylic acids is 1. The minimum Gasteiger partial charge on any atom is -0.497 e. The molecule has 1 amide bonds. The third kappa shape index (κ3) is 3.20. The highest BCUT2D eigenvalue weighted by Crippen LogP contribution is 2.29. The summed E-state index contributed by atoms with van der Waals surface area (Å²) in [7, 11) is 1.64. The Morgan fingerprint density at radius 3 is 2.69 bits per heavy atom. The summed E-state index contributed by atoms with van der Waals surface area (Å²) in [6, 6.07) is 17.9. The van der Waals surface area contributed by atoms with Crippen LogP contribution in [0.5, 0.6) is 5.75 Å². The second kappa shape index (κ2) is 7.04. The molecule has 1 aliphatic heterocycles. The van der Waals surface area contributed by atoms with Crippen molar-refractivity contribution >= 4 is 5.91 Å². The molecule has 0 aliphatic carbocycles. The van der Waals surface area contributed by atoms with Crippen molar-refractivity contribution < 1.29 is 9.53 Å². The van der Waals surface area contributed by atoms with E-state index in [2.05, 4.69) is 17.2 Å². The fourth-order valence-corrected chi connectivity index (χ4v) is 3.49. The maximum Gasteiger partial charge on any atom is 0.227 e. The van der Waals surface area contributed by atoms with Gasteiger partial charge in [0.15, 0.2) is 0 Å². The number of nitrogens with zero attached hydrogens (tertiary/aromatic N) is 3. The fraction of sp³-hybridized carbons (Fsp3) is 0.238. The lowest BCUT2D eigenvalue weighted by atomic mass is 9.95. The van der Waals surface area contributed by atoms with Crippen molar-refractivity contribution in [2.24, 2.45) is 0 Å². The highest BCUT2D eigenvalue weighted by atomic mass is 16.5. The summed E-state index contributed by atoms with van der Waals surface area (Å²) < 4.78 is 7.12. The summed E-state index contributed by atoms with van der Waals surface area (Å²) in [5.74, 6) is 0.925. The number of amides is 1. The summed E-state index contributed by atoms with van der Waals surface area (Å²) in [5, 5.41) is 4.40. The third-order valence-corrected chi connectivity index (χ3v) is 4.88. The molecule has 2 heterocycles. The van der Waals surface area contributed by atoms with Gasteiger partial charge in [-0.15, -0.1) is 0 Å². The van der Waals surface area contributed by atoms with E-state index in [1.807, 2.05) is 58.2 Å². The van der Waals surface area contributed by atoms with Crippen molar-refractivity contribution in [1.82, 2.24) is 14.7 Å². The Balaban J connectivity index is 1.56. The van der Waals surface area contributed by atoms with Crippen LogP contribution < -0.4 is 4.74 Å². The lowest BCUT2D eigenvalue weighted by Crippen LogP contribution is -2.41. The Kier molecular flexibility index (Phi) is 4.44. The van der Waals surface area contributed by atoms with E-state index in [9.17, 15) is 4.79 Å². The molecule has 1 atom stereocenters. The number of benzene rings is 2. The second-order valence-electron chi connectivity index (χ2n) is 6.50. The molecule has 0 saturated carbocycles. The first-order valence-electron chi connectivity index (χ1n) is 8.72. The van der Waals surface area contributed by atoms with Crippen LogP contribution in [-0.4, -0.2) is 34.2 Å². The molecule has 26 heavy (non-hydrogen) atoms. The van der Waals surface area contributed by atoms with Crippen molar-refractivity contribution in [3.63, 3.8) is 0 Å². The molecule has 1 aliphatic rings. The highest BCUT2D eigenvalue weighted by Gasteiger charge is 2.29. The van der Waals surface area contributed by atoms with E-state index in [0.29, 0.717) is 19.5 Å². The Morgan fingerprint density at radius 1 is 1.15 bits per heavy atom. The maximum atomic E-state index is 12.9. The molecule has 0 spiro atoms. The van der Waals surface area contributed by atoms with Crippen LogP contribution >= 0.6 is 0 Å². The van der Waals surface area contributed by atoms with Gasteiger partial charge in [0.1, 0.15) is 5.75 Å². The Hall–Kier alpha value is -3.08. The Bertz CT molecular complexity index is 888. The Morgan fingerprint density at radius 2 is 1.96 bits per heavy atom. The molecule has 2 aromatic carbocycles. The van der Waals surface area contributed by atoms with Crippen molar-refractivity contribution in [2.75, 3.05) is 13.7 Å². The van der Waals surface area contributed by atoms with E-state index in [1.165, 1.54) is 11.1 Å². The van der Waals surface area contributed by atoms with Crippen molar-refractivity contribution in [2.45, 2.75) is 19.0 Å². The first-order chi connectivity index (χ1) is 12.7. The van der Waals surface area contributed by atoms with Crippen LogP contribution in [0.3, 0.4) is 0 Å². The normalized spacial score (nSPS) is 16.2. The van der Waals surface area contributed by atoms with Crippen LogP contribution in [0.15, 0.2) is 67.0 Å². The topological polar surface area (TPSA) is 47.4 Å². The third-order valence-electron chi connectivity index (χ3n) is 4.88. The van der Waals surface area contributed by atoms with E-state index >= 15 is 0 Å². The summed E-state index contributed by atoms with van der Waals surface area (Å²) in [6.07, 6.45) is 4.12. The monoisotopic (exact) mass is 347 g/mol. The molecule has 4 rings (SSSR count). The second-order valence-corrected chi connectivity index (χ2v) is 6.50. The van der Waals surface area contributed by atoms with Crippen molar-refractivity contribution in [3.8, 4) is 5.75 Å². The molecule has 1 aromatic heterocycles. The molecule has 0 fully saturated rings. The molecule has 0 bridgehead atoms. The molecule has 0 unspecified atom stereocenters. The first-order valence-corrected chi connectivity index (χ1v) is 8.72. The number of hydrogen-bond donors (Lipinski definition) is 0. The number of carbonyl (C=O) groups is 1. The van der Waals surface area contributed by atoms with Crippen molar-refractivity contribution in [3.05, 3.63) is 83.7 Å². The van der Waals surface area contributed by atoms with Gasteiger partial charge in [-0.25, -0.2) is 0 Å². The van der Waals surface area contributed by atoms with Crippen LogP contribution in [0, 0.1) is 0 Å². The van der Waals surface area contributed by atoms with Gasteiger partial charge in [-0.1, -0.05) is 36.4 Å². The minimum atomic E-state index is 0.0507. The quantitative estimate of drug-likeness (QED) is 0.729. The van der Waals surface area contributed by atoms with Crippen molar-refractivity contribution in [1.29, 1.82) is 0 Å². The molecule has 0 radical (unpaired) electrons. The number of fused-ring (bicyclic) bond motifs is 1. The van der Waals surface area contributed by atoms with Gasteiger partial charge in [-0.05, 0) is 34.9 Å². The number of rotatable bonds is 4. The largest absolute Gasteiger partial charge is 0.497 e. The van der Waals surface area contributed by atoms with E-state index < -0.39 is 0 Å². The van der Waals surface area contributed by atoms with Crippen LogP contribution in [-0.2, 0) is 17.8 Å². The molecular weight excluding hydrogens is 326 g/mol. The fourth-order valence-electron chi connectivity index (χ4n) is 3.49. The van der Waals surface area contributed by atoms with Gasteiger partial charge in [0.2, 0.25) is 5.91 Å². The summed E-state index contributed by atoms with van der Waals surface area (Å²) >= 11 is 0. The molecule has 0 N–H and O–H groups in total. The molecule has 0 saturated heterocycles. The molecular formula is C21H21N3O2. The van der Waals surface area contributed by atoms with E-state index in [1.54, 1.807) is 13.3 Å². The summed E-state index contributed by atoms with van der Waals surface area (Å²) in [4.78, 5) is 14.8. The number of aromatic nitrogens is 2. The standard InChI is InChI=1S/C21H21N3O2/c1-26-18-9-7-16(8-10-18)13-21(25)23-14-17-5-2-3-6-19(17)20(15-23)24-12-4-11-22-24/h2-12,20H,13-15H2,1H3/t20-/m1/s1. The SMILES string of the molecule is COc1ccc(CC(=O)N2Cc3ccccc3[C@H](n3cccn3)C2)cc1. The van der Waals surface area contributed by atoms with E-state index in [4.69, 9.17) is 4.74 Å². The van der Waals surface area contributed by atoms with Gasteiger partial charge in [0.05, 0.1) is 19.6 Å². The van der Waals surface area contributed by atoms with Gasteiger partial charge in [0, 0.05) is 25.5 Å². The molecule has 5 nitrogen and oxygen atoms in total. The lowest BCUT2D eigenvalue weighted by Gasteiger charge is -2.35. The predicted molar refractivity (Wildman–Crippen MR) is 98.9 cm³/mol. The zero-order chi connectivity index (χ0) is 17.9. The molecule has 5 heteroatoms. The van der Waals surface area contributed by atoms with Gasteiger partial charge in [0.25, 0.3) is 0 Å². The average molecular weight is 347 g/mol. The zero-order valence-corrected chi connectivity index (χ0v) is 14.7. The van der Waals surface area contributed by atoms with E-state index in [0.717, 1.165) is 11.3 Å². The Labute approximate surface area is 152 Å². The van der Waals surface area contributed by atoms with Gasteiger partial charge < -0.3 is 9.64 Å². The highest BCUT2D eigenvalue weighted by molar-refractivity contribution is 5.79. The lowest BCUT2D eigenvalue weighted by molar-refractivity contribution is -0.131. The smallest absolute Gasteiger partial charge is 0.227 e. The maximum absolute atomic E-state index is 12.9. The van der Waals surface area contributed by atoms with Crippen LogP contribution in [0.1, 0.15) is 22.7 Å². The number of methoxy groups -OCH3 is 1. The van der Waals surface area contributed by atoms with Crippen LogP contribution in [0.4, 0.5) is 0 Å². The van der Waals surface area contributed by atoms with Crippen LogP contribution in [0.25, 0.3) is 0 Å².